The van der Waals surface area contributed by atoms with Crippen molar-refractivity contribution in [3.05, 3.63) is 64.0 Å². The lowest BCUT2D eigenvalue weighted by Crippen LogP contribution is -2.31. The maximum absolute atomic E-state index is 11.2. The van der Waals surface area contributed by atoms with Gasteiger partial charge in [0.05, 0.1) is 23.9 Å². The summed E-state index contributed by atoms with van der Waals surface area (Å²) in [6.45, 7) is 3.65. The van der Waals surface area contributed by atoms with Crippen LogP contribution in [0, 0.1) is 5.92 Å². The molecule has 0 atom stereocenters. The molecule has 28 heavy (non-hydrogen) atoms. The highest BCUT2D eigenvalue weighted by atomic mass is 35.5. The molecule has 1 aromatic carbocycles. The zero-order chi connectivity index (χ0) is 20.3. The second-order valence-corrected chi connectivity index (χ2v) is 7.74. The van der Waals surface area contributed by atoms with E-state index in [0.717, 1.165) is 24.3 Å². The van der Waals surface area contributed by atoms with Gasteiger partial charge in [-0.05, 0) is 37.0 Å². The molecule has 4 rings (SSSR count). The molecule has 1 N–H and O–H groups in total. The number of benzene rings is 1. The van der Waals surface area contributed by atoms with E-state index in [1.54, 1.807) is 28.8 Å². The van der Waals surface area contributed by atoms with E-state index in [4.69, 9.17) is 33.0 Å². The van der Waals surface area contributed by atoms with Gasteiger partial charge >= 0.3 is 0 Å². The fourth-order valence-electron chi connectivity index (χ4n) is 3.13. The number of aliphatic hydroxyl groups excluding tert-OH is 1. The minimum atomic E-state index is -0.0707. The molecule has 1 fully saturated rings. The molecule has 0 amide bonds. The molecule has 1 aliphatic carbocycles. The number of Topliss-reactive ketones (excluding diaryl/α,β-unsaturated/α-hetero) is 1. The number of aliphatic hydroxyl groups is 1. The Morgan fingerprint density at radius 2 is 2.04 bits per heavy atom. The molecule has 0 radical (unpaired) electrons. The summed E-state index contributed by atoms with van der Waals surface area (Å²) >= 11 is 11.9. The van der Waals surface area contributed by atoms with Crippen LogP contribution in [0.25, 0.3) is 5.65 Å². The molecule has 0 saturated heterocycles. The monoisotopic (exact) mass is 420 g/mol. The molecule has 0 bridgehead atoms. The van der Waals surface area contributed by atoms with Crippen molar-refractivity contribution in [1.82, 2.24) is 9.38 Å². The molecule has 1 saturated carbocycles. The van der Waals surface area contributed by atoms with Gasteiger partial charge in [0.2, 0.25) is 0 Å². The van der Waals surface area contributed by atoms with Crippen LogP contribution in [0.2, 0.25) is 10.0 Å². The fraction of sp³-hybridized carbons (Fsp3) is 0.333. The number of halogens is 2. The average Bonchev–Trinajstić information content (AvgIpc) is 3.09. The molecule has 0 unspecified atom stereocenters. The Morgan fingerprint density at radius 3 is 2.68 bits per heavy atom. The second kappa shape index (κ2) is 8.95. The van der Waals surface area contributed by atoms with Gasteiger partial charge in [0.1, 0.15) is 22.1 Å². The number of hydrogen-bond acceptors (Lipinski definition) is 4. The van der Waals surface area contributed by atoms with Gasteiger partial charge in [-0.1, -0.05) is 42.3 Å². The van der Waals surface area contributed by atoms with Crippen LogP contribution in [-0.4, -0.2) is 26.4 Å². The van der Waals surface area contributed by atoms with Crippen molar-refractivity contribution in [1.29, 1.82) is 0 Å². The number of nitrogens with zero attached hydrogens (tertiary/aromatic N) is 2. The smallest absolute Gasteiger partial charge is 0.178 e. The van der Waals surface area contributed by atoms with Crippen LogP contribution in [0.4, 0.5) is 0 Å². The SMILES string of the molecule is CC(=O)c1cnc2c(CO)cccn12.CC1CC(Oc2cccc(Cl)c2Cl)C1. The molecule has 5 nitrogen and oxygen atoms in total. The summed E-state index contributed by atoms with van der Waals surface area (Å²) in [5, 5.41) is 10.1. The molecule has 2 aromatic heterocycles. The quantitative estimate of drug-likeness (QED) is 0.589. The van der Waals surface area contributed by atoms with Gasteiger partial charge < -0.3 is 9.84 Å². The first-order valence-electron chi connectivity index (χ1n) is 9.08. The van der Waals surface area contributed by atoms with Crippen LogP contribution < -0.4 is 4.74 Å². The number of carbonyl (C=O) groups is 1. The molecule has 0 aliphatic heterocycles. The lowest BCUT2D eigenvalue weighted by molar-refractivity contribution is 0.0740. The topological polar surface area (TPSA) is 63.8 Å². The fourth-order valence-corrected chi connectivity index (χ4v) is 3.47. The third kappa shape index (κ3) is 4.49. The van der Waals surface area contributed by atoms with Crippen molar-refractivity contribution < 1.29 is 14.6 Å². The van der Waals surface area contributed by atoms with Gasteiger partial charge in [0.15, 0.2) is 5.78 Å². The minimum absolute atomic E-state index is 0.0346. The van der Waals surface area contributed by atoms with Gasteiger partial charge in [-0.2, -0.15) is 0 Å². The Morgan fingerprint density at radius 1 is 1.29 bits per heavy atom. The van der Waals surface area contributed by atoms with E-state index in [9.17, 15) is 4.79 Å². The summed E-state index contributed by atoms with van der Waals surface area (Å²) in [5.74, 6) is 1.45. The van der Waals surface area contributed by atoms with Crippen molar-refractivity contribution in [2.75, 3.05) is 0 Å². The third-order valence-corrected chi connectivity index (χ3v) is 5.49. The zero-order valence-electron chi connectivity index (χ0n) is 15.7. The minimum Gasteiger partial charge on any atom is -0.489 e. The summed E-state index contributed by atoms with van der Waals surface area (Å²) in [6.07, 6.45) is 5.83. The average molecular weight is 421 g/mol. The van der Waals surface area contributed by atoms with E-state index in [1.807, 2.05) is 12.1 Å². The highest BCUT2D eigenvalue weighted by molar-refractivity contribution is 6.42. The number of ketones is 1. The van der Waals surface area contributed by atoms with Gasteiger partial charge in [-0.15, -0.1) is 0 Å². The molecule has 1 aliphatic rings. The summed E-state index contributed by atoms with van der Waals surface area (Å²) in [6, 6.07) is 9.04. The Hall–Kier alpha value is -2.08. The van der Waals surface area contributed by atoms with Crippen LogP contribution in [0.5, 0.6) is 5.75 Å². The summed E-state index contributed by atoms with van der Waals surface area (Å²) in [5.41, 5.74) is 1.90. The number of imidazole rings is 1. The maximum atomic E-state index is 11.2. The van der Waals surface area contributed by atoms with Crippen molar-refractivity contribution in [2.45, 2.75) is 39.4 Å². The number of ether oxygens (including phenoxy) is 1. The number of aromatic nitrogens is 2. The van der Waals surface area contributed by atoms with E-state index in [0.29, 0.717) is 33.2 Å². The Labute approximate surface area is 173 Å². The normalized spacial score (nSPS) is 18.2. The Balaban J connectivity index is 0.000000161. The van der Waals surface area contributed by atoms with Crippen LogP contribution in [-0.2, 0) is 6.61 Å². The predicted octanol–water partition coefficient (Wildman–Crippen LogP) is 5.20. The molecular formula is C21H22Cl2N2O3. The highest BCUT2D eigenvalue weighted by Crippen LogP contribution is 2.36. The van der Waals surface area contributed by atoms with E-state index < -0.39 is 0 Å². The number of pyridine rings is 1. The third-order valence-electron chi connectivity index (χ3n) is 4.69. The molecule has 148 valence electrons. The molecule has 2 heterocycles. The van der Waals surface area contributed by atoms with Gasteiger partial charge in [-0.3, -0.25) is 9.20 Å². The lowest BCUT2D eigenvalue weighted by atomic mass is 9.84. The zero-order valence-corrected chi connectivity index (χ0v) is 17.2. The first-order valence-corrected chi connectivity index (χ1v) is 9.83. The number of fused-ring (bicyclic) bond motifs is 1. The van der Waals surface area contributed by atoms with Crippen LogP contribution in [0.15, 0.2) is 42.7 Å². The lowest BCUT2D eigenvalue weighted by Gasteiger charge is -2.33. The van der Waals surface area contributed by atoms with Crippen LogP contribution in [0.1, 0.15) is 42.7 Å². The predicted molar refractivity (Wildman–Crippen MR) is 110 cm³/mol. The van der Waals surface area contributed by atoms with Crippen molar-refractivity contribution in [3.8, 4) is 5.75 Å². The Kier molecular flexibility index (Phi) is 6.60. The van der Waals surface area contributed by atoms with Gasteiger partial charge in [0.25, 0.3) is 0 Å². The number of hydrogen-bond donors (Lipinski definition) is 1. The summed E-state index contributed by atoms with van der Waals surface area (Å²) < 4.78 is 7.40. The van der Waals surface area contributed by atoms with Crippen molar-refractivity contribution in [2.24, 2.45) is 5.92 Å². The molecule has 7 heteroatoms. The van der Waals surface area contributed by atoms with Gasteiger partial charge in [0, 0.05) is 18.7 Å². The van der Waals surface area contributed by atoms with E-state index in [1.165, 1.54) is 13.1 Å². The number of rotatable bonds is 4. The number of carbonyl (C=O) groups excluding carboxylic acids is 1. The van der Waals surface area contributed by atoms with Gasteiger partial charge in [-0.25, -0.2) is 4.98 Å². The molecule has 3 aromatic rings. The maximum Gasteiger partial charge on any atom is 0.178 e. The first kappa shape index (κ1) is 20.6. The summed E-state index contributed by atoms with van der Waals surface area (Å²) in [7, 11) is 0. The first-order chi connectivity index (χ1) is 13.4. The van der Waals surface area contributed by atoms with Crippen LogP contribution in [0.3, 0.4) is 0 Å². The second-order valence-electron chi connectivity index (χ2n) is 6.95. The standard InChI is InChI=1S/C11H12Cl2O.C10H10N2O2/c1-7-5-8(6-7)14-10-4-2-3-9(12)11(10)13;1-7(14)9-5-11-10-8(6-13)3-2-4-12(9)10/h2-4,7-8H,5-6H2,1H3;2-5,13H,6H2,1H3. The molecular weight excluding hydrogens is 399 g/mol. The van der Waals surface area contributed by atoms with E-state index in [-0.39, 0.29) is 12.4 Å². The Bertz CT molecular complexity index is 981. The summed E-state index contributed by atoms with van der Waals surface area (Å²) in [4.78, 5) is 15.3. The van der Waals surface area contributed by atoms with E-state index >= 15 is 0 Å². The van der Waals surface area contributed by atoms with Crippen molar-refractivity contribution >= 4 is 34.6 Å². The molecule has 0 spiro atoms. The van der Waals surface area contributed by atoms with E-state index in [2.05, 4.69) is 11.9 Å². The highest BCUT2D eigenvalue weighted by Gasteiger charge is 2.27. The largest absolute Gasteiger partial charge is 0.489 e. The van der Waals surface area contributed by atoms with Crippen LogP contribution >= 0.6 is 23.2 Å². The van der Waals surface area contributed by atoms with Crippen molar-refractivity contribution in [3.63, 3.8) is 0 Å².